The van der Waals surface area contributed by atoms with E-state index < -0.39 is 0 Å². The summed E-state index contributed by atoms with van der Waals surface area (Å²) in [7, 11) is 0. The van der Waals surface area contributed by atoms with Gasteiger partial charge < -0.3 is 0 Å². The van der Waals surface area contributed by atoms with E-state index in [4.69, 9.17) is 4.98 Å². The molecule has 1 aromatic heterocycles. The number of pyridine rings is 1. The van der Waals surface area contributed by atoms with Crippen molar-refractivity contribution in [3.8, 4) is 0 Å². The van der Waals surface area contributed by atoms with Crippen LogP contribution in [-0.2, 0) is 6.42 Å². The minimum atomic E-state index is 1.08. The van der Waals surface area contributed by atoms with Gasteiger partial charge in [0.25, 0.3) is 0 Å². The Balaban J connectivity index is 1.34. The molecule has 0 fully saturated rings. The van der Waals surface area contributed by atoms with E-state index in [0.29, 0.717) is 0 Å². The molecule has 168 valence electrons. The molecule has 3 aromatic carbocycles. The van der Waals surface area contributed by atoms with Gasteiger partial charge in [0.05, 0.1) is 5.52 Å². The van der Waals surface area contributed by atoms with E-state index in [9.17, 15) is 0 Å². The number of benzene rings is 3. The topological polar surface area (TPSA) is 12.9 Å². The molecule has 0 aliphatic heterocycles. The fraction of sp³-hybridized carbons (Fsp3) is 0.452. The molecule has 32 heavy (non-hydrogen) atoms. The van der Waals surface area contributed by atoms with E-state index in [1.54, 1.807) is 0 Å². The smallest absolute Gasteiger partial charge is 0.0711 e. The highest BCUT2D eigenvalue weighted by Crippen LogP contribution is 2.33. The summed E-state index contributed by atoms with van der Waals surface area (Å²) in [5.74, 6) is 0. The summed E-state index contributed by atoms with van der Waals surface area (Å²) < 4.78 is 0. The molecule has 0 saturated carbocycles. The van der Waals surface area contributed by atoms with Crippen molar-refractivity contribution in [2.24, 2.45) is 0 Å². The van der Waals surface area contributed by atoms with E-state index in [-0.39, 0.29) is 0 Å². The number of para-hydroxylation sites is 1. The monoisotopic (exact) mass is 425 g/mol. The first kappa shape index (κ1) is 22.8. The van der Waals surface area contributed by atoms with Crippen molar-refractivity contribution in [3.05, 3.63) is 66.4 Å². The largest absolute Gasteiger partial charge is 0.252 e. The lowest BCUT2D eigenvalue weighted by molar-refractivity contribution is 0.543. The summed E-state index contributed by atoms with van der Waals surface area (Å²) in [6.45, 7) is 2.29. The zero-order valence-corrected chi connectivity index (χ0v) is 19.9. The average molecular weight is 426 g/mol. The lowest BCUT2D eigenvalue weighted by Crippen LogP contribution is -1.96. The van der Waals surface area contributed by atoms with Gasteiger partial charge in [-0.25, -0.2) is 0 Å². The number of fused-ring (bicyclic) bond motifs is 5. The molecule has 1 heteroatoms. The summed E-state index contributed by atoms with van der Waals surface area (Å²) in [4.78, 5) is 5.14. The Hall–Kier alpha value is -2.41. The first-order valence-corrected chi connectivity index (χ1v) is 13.1. The van der Waals surface area contributed by atoms with Crippen LogP contribution in [0, 0.1) is 0 Å². The van der Waals surface area contributed by atoms with Crippen LogP contribution >= 0.6 is 0 Å². The van der Waals surface area contributed by atoms with Gasteiger partial charge in [0.15, 0.2) is 0 Å². The molecule has 0 aliphatic carbocycles. The number of hydrogen-bond acceptors (Lipinski definition) is 1. The molecule has 0 radical (unpaired) electrons. The zero-order valence-electron chi connectivity index (χ0n) is 19.9. The molecule has 0 unspecified atom stereocenters. The molecular weight excluding hydrogens is 386 g/mol. The fourth-order valence-corrected chi connectivity index (χ4v) is 5.12. The third-order valence-electron chi connectivity index (χ3n) is 6.93. The lowest BCUT2D eigenvalue weighted by Gasteiger charge is -2.12. The van der Waals surface area contributed by atoms with Crippen molar-refractivity contribution in [3.63, 3.8) is 0 Å². The van der Waals surface area contributed by atoms with Crippen LogP contribution in [0.1, 0.15) is 89.7 Å². The molecule has 0 bridgehead atoms. The molecule has 1 heterocycles. The van der Waals surface area contributed by atoms with Crippen LogP contribution in [0.5, 0.6) is 0 Å². The second-order valence-corrected chi connectivity index (χ2v) is 9.42. The Morgan fingerprint density at radius 1 is 0.531 bits per heavy atom. The van der Waals surface area contributed by atoms with E-state index in [1.165, 1.54) is 110 Å². The van der Waals surface area contributed by atoms with Crippen molar-refractivity contribution in [2.45, 2.75) is 90.4 Å². The van der Waals surface area contributed by atoms with Gasteiger partial charge in [-0.05, 0) is 35.1 Å². The number of unbranched alkanes of at least 4 members (excludes halogenated alkanes) is 11. The Labute approximate surface area is 194 Å². The molecule has 0 amide bonds. The Bertz CT molecular complexity index is 1130. The van der Waals surface area contributed by atoms with Crippen LogP contribution in [0.3, 0.4) is 0 Å². The van der Waals surface area contributed by atoms with Crippen LogP contribution in [-0.4, -0.2) is 4.98 Å². The fourth-order valence-electron chi connectivity index (χ4n) is 5.12. The molecule has 4 rings (SSSR count). The van der Waals surface area contributed by atoms with E-state index >= 15 is 0 Å². The Morgan fingerprint density at radius 3 is 1.84 bits per heavy atom. The maximum absolute atomic E-state index is 5.14. The van der Waals surface area contributed by atoms with E-state index in [2.05, 4.69) is 67.6 Å². The quantitative estimate of drug-likeness (QED) is 0.153. The predicted molar refractivity (Wildman–Crippen MR) is 142 cm³/mol. The van der Waals surface area contributed by atoms with Gasteiger partial charge in [-0.2, -0.15) is 0 Å². The van der Waals surface area contributed by atoms with Gasteiger partial charge in [-0.15, -0.1) is 0 Å². The number of nitrogens with zero attached hydrogens (tertiary/aromatic N) is 1. The number of aromatic nitrogens is 1. The molecule has 0 N–H and O–H groups in total. The average Bonchev–Trinajstić information content (AvgIpc) is 2.84. The van der Waals surface area contributed by atoms with Crippen LogP contribution in [0.4, 0.5) is 0 Å². The number of aryl methyl sites for hydroxylation is 1. The summed E-state index contributed by atoms with van der Waals surface area (Å²) in [6, 6.07) is 21.9. The normalized spacial score (nSPS) is 11.7. The maximum atomic E-state index is 5.14. The number of rotatable bonds is 13. The molecule has 0 aliphatic rings. The van der Waals surface area contributed by atoms with Gasteiger partial charge >= 0.3 is 0 Å². The van der Waals surface area contributed by atoms with Crippen LogP contribution in [0.2, 0.25) is 0 Å². The first-order chi connectivity index (χ1) is 15.9. The second-order valence-electron chi connectivity index (χ2n) is 9.42. The maximum Gasteiger partial charge on any atom is 0.0711 e. The van der Waals surface area contributed by atoms with Crippen molar-refractivity contribution in [1.29, 1.82) is 0 Å². The summed E-state index contributed by atoms with van der Waals surface area (Å²) >= 11 is 0. The Kier molecular flexibility index (Phi) is 8.54. The summed E-state index contributed by atoms with van der Waals surface area (Å²) in [6.07, 6.45) is 17.7. The minimum absolute atomic E-state index is 1.08. The van der Waals surface area contributed by atoms with Gasteiger partial charge in [-0.3, -0.25) is 4.98 Å². The predicted octanol–water partition coefficient (Wildman–Crippen LogP) is 9.78. The van der Waals surface area contributed by atoms with Gasteiger partial charge in [0.2, 0.25) is 0 Å². The highest BCUT2D eigenvalue weighted by molar-refractivity contribution is 6.17. The SMILES string of the molecule is CCCCCCCCCCCCCCc1nc2ccccc2c2ccc3ccccc3c12. The van der Waals surface area contributed by atoms with Crippen molar-refractivity contribution >= 4 is 32.4 Å². The molecule has 0 saturated heterocycles. The van der Waals surface area contributed by atoms with E-state index in [0.717, 1.165) is 11.9 Å². The van der Waals surface area contributed by atoms with Crippen LogP contribution in [0.25, 0.3) is 32.4 Å². The standard InChI is InChI=1S/C31H39N/c1-2-3-4-5-6-7-8-9-10-11-12-13-22-30-31-26-19-15-14-18-25(26)23-24-28(31)27-20-16-17-21-29(27)32-30/h14-21,23-24H,2-13,22H2,1H3. The van der Waals surface area contributed by atoms with Gasteiger partial charge in [0.1, 0.15) is 0 Å². The van der Waals surface area contributed by atoms with Crippen molar-refractivity contribution in [2.75, 3.05) is 0 Å². The summed E-state index contributed by atoms with van der Waals surface area (Å²) in [5, 5.41) is 6.64. The molecule has 1 nitrogen and oxygen atoms in total. The third-order valence-corrected chi connectivity index (χ3v) is 6.93. The highest BCUT2D eigenvalue weighted by atomic mass is 14.7. The molecule has 0 atom stereocenters. The molecule has 0 spiro atoms. The zero-order chi connectivity index (χ0) is 22.0. The van der Waals surface area contributed by atoms with Crippen LogP contribution in [0.15, 0.2) is 60.7 Å². The van der Waals surface area contributed by atoms with Crippen molar-refractivity contribution in [1.82, 2.24) is 4.98 Å². The molecule has 4 aromatic rings. The molecular formula is C31H39N. The summed E-state index contributed by atoms with van der Waals surface area (Å²) in [5.41, 5.74) is 2.41. The van der Waals surface area contributed by atoms with E-state index in [1.807, 2.05) is 0 Å². The second kappa shape index (κ2) is 12.0. The highest BCUT2D eigenvalue weighted by Gasteiger charge is 2.11. The number of hydrogen-bond donors (Lipinski definition) is 0. The van der Waals surface area contributed by atoms with Crippen LogP contribution < -0.4 is 0 Å². The Morgan fingerprint density at radius 2 is 1.12 bits per heavy atom. The van der Waals surface area contributed by atoms with Gasteiger partial charge in [-0.1, -0.05) is 132 Å². The lowest BCUT2D eigenvalue weighted by atomic mass is 9.95. The third kappa shape index (κ3) is 5.68. The van der Waals surface area contributed by atoms with Gasteiger partial charge in [0, 0.05) is 16.5 Å². The first-order valence-electron chi connectivity index (χ1n) is 13.1. The van der Waals surface area contributed by atoms with Crippen molar-refractivity contribution < 1.29 is 0 Å². The minimum Gasteiger partial charge on any atom is -0.252 e.